The smallest absolute Gasteiger partial charge is 0.203 e. The highest BCUT2D eigenvalue weighted by atomic mass is 16.5. The van der Waals surface area contributed by atoms with E-state index < -0.39 is 0 Å². The molecule has 0 radical (unpaired) electrons. The van der Waals surface area contributed by atoms with Crippen LogP contribution in [0.25, 0.3) is 5.65 Å². The van der Waals surface area contributed by atoms with Gasteiger partial charge >= 0.3 is 0 Å². The fourth-order valence-corrected chi connectivity index (χ4v) is 3.39. The van der Waals surface area contributed by atoms with E-state index in [0.717, 1.165) is 43.5 Å². The summed E-state index contributed by atoms with van der Waals surface area (Å²) in [5, 5.41) is 8.20. The molecular formula is C14H19N5O. The summed E-state index contributed by atoms with van der Waals surface area (Å²) in [4.78, 5) is 7.03. The zero-order valence-electron chi connectivity index (χ0n) is 11.7. The van der Waals surface area contributed by atoms with Crippen LogP contribution in [0.1, 0.15) is 25.0 Å². The van der Waals surface area contributed by atoms with Gasteiger partial charge in [0.1, 0.15) is 6.33 Å². The summed E-state index contributed by atoms with van der Waals surface area (Å²) in [5.74, 6) is 0.969. The quantitative estimate of drug-likeness (QED) is 0.787. The summed E-state index contributed by atoms with van der Waals surface area (Å²) in [6, 6.07) is 0. The molecule has 6 nitrogen and oxygen atoms in total. The summed E-state index contributed by atoms with van der Waals surface area (Å²) in [6.45, 7) is 5.93. The Morgan fingerprint density at radius 1 is 1.25 bits per heavy atom. The van der Waals surface area contributed by atoms with Crippen LogP contribution in [0.2, 0.25) is 0 Å². The van der Waals surface area contributed by atoms with Crippen molar-refractivity contribution in [1.29, 1.82) is 0 Å². The van der Waals surface area contributed by atoms with E-state index in [-0.39, 0.29) is 0 Å². The van der Waals surface area contributed by atoms with Crippen molar-refractivity contribution in [2.45, 2.75) is 26.2 Å². The molecule has 0 N–H and O–H groups in total. The number of rotatable bonds is 1. The number of hydrogen-bond donors (Lipinski definition) is 0. The highest BCUT2D eigenvalue weighted by Gasteiger charge is 2.38. The van der Waals surface area contributed by atoms with Gasteiger partial charge in [0.05, 0.1) is 12.3 Å². The van der Waals surface area contributed by atoms with Crippen LogP contribution in [0.3, 0.4) is 0 Å². The maximum atomic E-state index is 5.60. The average Bonchev–Trinajstić information content (AvgIpc) is 3.08. The van der Waals surface area contributed by atoms with Gasteiger partial charge in [0, 0.05) is 25.9 Å². The van der Waals surface area contributed by atoms with Gasteiger partial charge in [-0.1, -0.05) is 0 Å². The van der Waals surface area contributed by atoms with Gasteiger partial charge in [-0.25, -0.2) is 4.98 Å². The molecule has 0 saturated carbocycles. The maximum Gasteiger partial charge on any atom is 0.203 e. The Morgan fingerprint density at radius 2 is 2.10 bits per heavy atom. The van der Waals surface area contributed by atoms with E-state index in [0.29, 0.717) is 5.41 Å². The monoisotopic (exact) mass is 273 g/mol. The number of fused-ring (bicyclic) bond motifs is 1. The molecule has 6 heteroatoms. The second-order valence-electron chi connectivity index (χ2n) is 6.06. The van der Waals surface area contributed by atoms with E-state index in [2.05, 4.69) is 20.1 Å². The lowest BCUT2D eigenvalue weighted by Gasteiger charge is -2.38. The van der Waals surface area contributed by atoms with Gasteiger partial charge in [-0.15, -0.1) is 10.2 Å². The molecule has 0 bridgehead atoms. The second-order valence-corrected chi connectivity index (χ2v) is 6.06. The third kappa shape index (κ3) is 1.86. The third-order valence-electron chi connectivity index (χ3n) is 4.69. The van der Waals surface area contributed by atoms with Crippen molar-refractivity contribution in [3.05, 3.63) is 18.2 Å². The van der Waals surface area contributed by atoms with Crippen LogP contribution in [0.15, 0.2) is 12.5 Å². The van der Waals surface area contributed by atoms with Crippen LogP contribution >= 0.6 is 0 Å². The Morgan fingerprint density at radius 3 is 2.85 bits per heavy atom. The molecule has 2 aliphatic rings. The molecule has 4 rings (SSSR count). The number of aryl methyl sites for hydroxylation is 1. The van der Waals surface area contributed by atoms with Gasteiger partial charge in [-0.05, 0) is 31.6 Å². The molecule has 20 heavy (non-hydrogen) atoms. The van der Waals surface area contributed by atoms with E-state index in [4.69, 9.17) is 4.74 Å². The summed E-state index contributed by atoms with van der Waals surface area (Å²) in [7, 11) is 0. The Bertz CT molecular complexity index is 622. The van der Waals surface area contributed by atoms with Crippen molar-refractivity contribution in [3.8, 4) is 0 Å². The minimum atomic E-state index is 0.421. The van der Waals surface area contributed by atoms with Crippen LogP contribution in [0.4, 0.5) is 5.82 Å². The molecule has 1 spiro atoms. The predicted molar refractivity (Wildman–Crippen MR) is 74.8 cm³/mol. The summed E-state index contributed by atoms with van der Waals surface area (Å²) >= 11 is 0. The Labute approximate surface area is 117 Å². The van der Waals surface area contributed by atoms with Gasteiger partial charge in [0.2, 0.25) is 5.65 Å². The number of anilines is 1. The normalized spacial score (nSPS) is 21.9. The third-order valence-corrected chi connectivity index (χ3v) is 4.69. The van der Waals surface area contributed by atoms with Crippen molar-refractivity contribution in [1.82, 2.24) is 19.6 Å². The predicted octanol–water partition coefficient (Wildman–Crippen LogP) is 1.44. The lowest BCUT2D eigenvalue weighted by Crippen LogP contribution is -2.41. The molecule has 0 aliphatic carbocycles. The lowest BCUT2D eigenvalue weighted by atomic mass is 9.78. The largest absolute Gasteiger partial charge is 0.381 e. The molecule has 0 atom stereocenters. The summed E-state index contributed by atoms with van der Waals surface area (Å²) < 4.78 is 7.55. The second kappa shape index (κ2) is 4.41. The minimum Gasteiger partial charge on any atom is -0.381 e. The van der Waals surface area contributed by atoms with Crippen molar-refractivity contribution in [2.75, 3.05) is 31.2 Å². The van der Waals surface area contributed by atoms with Gasteiger partial charge in [0.25, 0.3) is 0 Å². The van der Waals surface area contributed by atoms with Crippen molar-refractivity contribution < 1.29 is 4.74 Å². The van der Waals surface area contributed by atoms with Crippen LogP contribution in [-0.2, 0) is 4.74 Å². The summed E-state index contributed by atoms with van der Waals surface area (Å²) in [6.07, 6.45) is 7.28. The first-order chi connectivity index (χ1) is 9.76. The zero-order valence-corrected chi connectivity index (χ0v) is 11.7. The molecule has 2 aromatic rings. The number of hydrogen-bond acceptors (Lipinski definition) is 5. The van der Waals surface area contributed by atoms with Gasteiger partial charge in [-0.2, -0.15) is 0 Å². The Kier molecular flexibility index (Phi) is 2.66. The zero-order chi connectivity index (χ0) is 13.6. The maximum absolute atomic E-state index is 5.60. The van der Waals surface area contributed by atoms with E-state index in [1.807, 2.05) is 17.5 Å². The van der Waals surface area contributed by atoms with Crippen LogP contribution < -0.4 is 4.90 Å². The Hall–Kier alpha value is -1.69. The van der Waals surface area contributed by atoms with Crippen LogP contribution in [0.5, 0.6) is 0 Å². The van der Waals surface area contributed by atoms with Crippen LogP contribution in [-0.4, -0.2) is 45.9 Å². The summed E-state index contributed by atoms with van der Waals surface area (Å²) in [5.41, 5.74) is 2.27. The van der Waals surface area contributed by atoms with Crippen LogP contribution in [0, 0.1) is 12.3 Å². The van der Waals surface area contributed by atoms with E-state index in [1.54, 1.807) is 6.33 Å². The highest BCUT2D eigenvalue weighted by Crippen LogP contribution is 2.40. The number of nitrogens with zero attached hydrogens (tertiary/aromatic N) is 5. The molecule has 4 heterocycles. The molecule has 2 aliphatic heterocycles. The average molecular weight is 273 g/mol. The lowest BCUT2D eigenvalue weighted by molar-refractivity contribution is 0.133. The van der Waals surface area contributed by atoms with Crippen molar-refractivity contribution >= 4 is 11.5 Å². The first-order valence-corrected chi connectivity index (χ1v) is 7.26. The number of piperidine rings is 1. The van der Waals surface area contributed by atoms with E-state index in [1.165, 1.54) is 19.3 Å². The molecular weight excluding hydrogens is 254 g/mol. The molecule has 2 fully saturated rings. The van der Waals surface area contributed by atoms with Gasteiger partial charge in [0.15, 0.2) is 5.82 Å². The minimum absolute atomic E-state index is 0.421. The highest BCUT2D eigenvalue weighted by molar-refractivity contribution is 5.64. The van der Waals surface area contributed by atoms with Gasteiger partial charge < -0.3 is 9.64 Å². The fraction of sp³-hybridized carbons (Fsp3) is 0.643. The molecule has 0 amide bonds. The Balaban J connectivity index is 1.62. The molecule has 0 unspecified atom stereocenters. The molecule has 106 valence electrons. The number of aromatic nitrogens is 4. The molecule has 0 aromatic carbocycles. The number of ether oxygens (including phenoxy) is 1. The first kappa shape index (κ1) is 12.1. The van der Waals surface area contributed by atoms with Crippen molar-refractivity contribution in [2.24, 2.45) is 5.41 Å². The topological polar surface area (TPSA) is 55.5 Å². The fourth-order valence-electron chi connectivity index (χ4n) is 3.39. The SMILES string of the molecule is Cc1cn2cnnc2c(N2CCC3(CCOC3)CC2)n1. The molecule has 2 aromatic heterocycles. The van der Waals surface area contributed by atoms with Crippen molar-refractivity contribution in [3.63, 3.8) is 0 Å². The van der Waals surface area contributed by atoms with E-state index in [9.17, 15) is 0 Å². The first-order valence-electron chi connectivity index (χ1n) is 7.26. The van der Waals surface area contributed by atoms with Gasteiger partial charge in [-0.3, -0.25) is 4.40 Å². The van der Waals surface area contributed by atoms with E-state index >= 15 is 0 Å². The molecule has 2 saturated heterocycles. The standard InChI is InChI=1S/C14H19N5O/c1-11-8-19-10-15-17-13(19)12(16-11)18-5-2-14(3-6-18)4-7-20-9-14/h8,10H,2-7,9H2,1H3.